The Balaban J connectivity index is 0.000000294. The maximum Gasteiger partial charge on any atom is 0.320 e. The first-order chi connectivity index (χ1) is 19.6. The lowest BCUT2D eigenvalue weighted by Gasteiger charge is -2.42. The highest BCUT2D eigenvalue weighted by Crippen LogP contribution is 2.35. The van der Waals surface area contributed by atoms with E-state index in [0.717, 1.165) is 52.0 Å². The largest absolute Gasteiger partial charge is 0.338 e. The molecule has 44 heavy (non-hydrogen) atoms. The predicted molar refractivity (Wildman–Crippen MR) is 180 cm³/mol. The summed E-state index contributed by atoms with van der Waals surface area (Å²) in [6.45, 7) is 33.5. The Morgan fingerprint density at radius 1 is 0.500 bits per heavy atom. The average molecular weight is 623 g/mol. The molecule has 6 amide bonds. The zero-order valence-electron chi connectivity index (χ0n) is 31.2. The van der Waals surface area contributed by atoms with E-state index in [9.17, 15) is 19.2 Å². The summed E-state index contributed by atoms with van der Waals surface area (Å²) in [6.07, 6.45) is 3.49. The molecule has 4 aliphatic rings. The van der Waals surface area contributed by atoms with Gasteiger partial charge in [-0.05, 0) is 110 Å². The highest BCUT2D eigenvalue weighted by atomic mass is 16.2. The molecule has 0 saturated carbocycles. The monoisotopic (exact) mass is 623 g/mol. The molecule has 0 radical (unpaired) electrons. The fourth-order valence-electron chi connectivity index (χ4n) is 6.15. The molecule has 0 spiro atoms. The van der Waals surface area contributed by atoms with Crippen LogP contribution in [-0.2, 0) is 9.59 Å². The summed E-state index contributed by atoms with van der Waals surface area (Å²) in [6, 6.07) is 0.301. The Bertz CT molecular complexity index is 973. The standard InChI is InChI=1S/C10H19NO.2C8H16N2O.C8H15NO/c1-9(2,3)11-8(12)6-7-10(11,4)5;2*1-8(2,3)10-6-5-9(4)7(10)11;1-8(2,3)9-6-4-5-7(9)10/h6-7H2,1-5H3;2*5-6H2,1-4H3;4-6H2,1-3H3. The van der Waals surface area contributed by atoms with E-state index in [0.29, 0.717) is 18.2 Å². The van der Waals surface area contributed by atoms with Crippen LogP contribution in [0.4, 0.5) is 9.59 Å². The van der Waals surface area contributed by atoms with E-state index in [1.54, 1.807) is 9.80 Å². The number of likely N-dealkylation sites (N-methyl/N-ethyl adjacent to an activating group) is 2. The Hall–Kier alpha value is -2.52. The van der Waals surface area contributed by atoms with Crippen molar-refractivity contribution in [3.63, 3.8) is 0 Å². The number of hydrogen-bond donors (Lipinski definition) is 0. The van der Waals surface area contributed by atoms with Crippen molar-refractivity contribution < 1.29 is 19.2 Å². The summed E-state index contributed by atoms with van der Waals surface area (Å²) in [7, 11) is 3.68. The summed E-state index contributed by atoms with van der Waals surface area (Å²) < 4.78 is 0. The summed E-state index contributed by atoms with van der Waals surface area (Å²) in [5, 5.41) is 0. The van der Waals surface area contributed by atoms with Crippen molar-refractivity contribution in [2.75, 3.05) is 46.8 Å². The number of urea groups is 2. The molecular formula is C34H66N6O4. The van der Waals surface area contributed by atoms with Gasteiger partial charge in [-0.15, -0.1) is 0 Å². The van der Waals surface area contributed by atoms with Crippen molar-refractivity contribution in [3.8, 4) is 0 Å². The number of amides is 6. The summed E-state index contributed by atoms with van der Waals surface area (Å²) in [5.74, 6) is 0.611. The summed E-state index contributed by atoms with van der Waals surface area (Å²) >= 11 is 0. The van der Waals surface area contributed by atoms with Crippen LogP contribution in [0.15, 0.2) is 0 Å². The van der Waals surface area contributed by atoms with Gasteiger partial charge in [0.15, 0.2) is 0 Å². The van der Waals surface area contributed by atoms with Gasteiger partial charge >= 0.3 is 12.1 Å². The van der Waals surface area contributed by atoms with Crippen molar-refractivity contribution in [1.29, 1.82) is 0 Å². The van der Waals surface area contributed by atoms with Crippen LogP contribution < -0.4 is 0 Å². The lowest BCUT2D eigenvalue weighted by Crippen LogP contribution is -2.52. The first-order valence-electron chi connectivity index (χ1n) is 16.3. The molecule has 0 N–H and O–H groups in total. The summed E-state index contributed by atoms with van der Waals surface area (Å²) in [4.78, 5) is 56.8. The Morgan fingerprint density at radius 3 is 1.02 bits per heavy atom. The highest BCUT2D eigenvalue weighted by Gasteiger charge is 2.43. The minimum absolute atomic E-state index is 0.0259. The molecule has 4 saturated heterocycles. The van der Waals surface area contributed by atoms with Crippen LogP contribution in [0.25, 0.3) is 0 Å². The molecule has 0 unspecified atom stereocenters. The van der Waals surface area contributed by atoms with Crippen LogP contribution in [0.1, 0.15) is 123 Å². The Morgan fingerprint density at radius 2 is 0.886 bits per heavy atom. The van der Waals surface area contributed by atoms with Gasteiger partial charge in [0.25, 0.3) is 0 Å². The van der Waals surface area contributed by atoms with Crippen LogP contribution in [-0.4, -0.2) is 128 Å². The topological polar surface area (TPSA) is 87.7 Å². The highest BCUT2D eigenvalue weighted by molar-refractivity contribution is 5.80. The van der Waals surface area contributed by atoms with E-state index >= 15 is 0 Å². The number of likely N-dealkylation sites (tertiary alicyclic amines) is 2. The molecule has 0 aliphatic carbocycles. The molecule has 0 aromatic rings. The zero-order valence-corrected chi connectivity index (χ0v) is 31.2. The average Bonchev–Trinajstić information content (AvgIpc) is 3.56. The predicted octanol–water partition coefficient (Wildman–Crippen LogP) is 5.90. The molecule has 4 heterocycles. The zero-order chi connectivity index (χ0) is 34.6. The second-order valence-corrected chi connectivity index (χ2v) is 17.1. The first kappa shape index (κ1) is 39.5. The van der Waals surface area contributed by atoms with Crippen LogP contribution in [0.2, 0.25) is 0 Å². The van der Waals surface area contributed by atoms with E-state index < -0.39 is 0 Å². The fraction of sp³-hybridized carbons (Fsp3) is 0.882. The van der Waals surface area contributed by atoms with Gasteiger partial charge in [0.1, 0.15) is 0 Å². The van der Waals surface area contributed by atoms with Gasteiger partial charge in [0, 0.05) is 87.4 Å². The van der Waals surface area contributed by atoms with Crippen molar-refractivity contribution >= 4 is 23.9 Å². The molecule has 0 aromatic carbocycles. The Kier molecular flexibility index (Phi) is 12.8. The molecule has 4 rings (SSSR count). The minimum atomic E-state index is -0.0307. The SMILES string of the molecule is CC(C)(C)N1C(=O)CCC1(C)C.CC(C)(C)N1CCCC1=O.CN1CCN(C(C)(C)C)C1=O.CN1CCN(C(C)(C)C)C1=O. The quantitative estimate of drug-likeness (QED) is 0.337. The van der Waals surface area contributed by atoms with Crippen LogP contribution in [0.5, 0.6) is 0 Å². The van der Waals surface area contributed by atoms with Crippen LogP contribution in [0.3, 0.4) is 0 Å². The van der Waals surface area contributed by atoms with E-state index in [1.807, 2.05) is 33.7 Å². The van der Waals surface area contributed by atoms with Crippen molar-refractivity contribution in [2.45, 2.75) is 150 Å². The second kappa shape index (κ2) is 14.3. The number of hydrogen-bond acceptors (Lipinski definition) is 4. The van der Waals surface area contributed by atoms with Gasteiger partial charge in [-0.25, -0.2) is 9.59 Å². The molecule has 10 nitrogen and oxygen atoms in total. The van der Waals surface area contributed by atoms with Crippen molar-refractivity contribution in [1.82, 2.24) is 29.4 Å². The van der Waals surface area contributed by atoms with E-state index in [2.05, 4.69) is 96.9 Å². The third kappa shape index (κ3) is 10.8. The smallest absolute Gasteiger partial charge is 0.320 e. The number of carbonyl (C=O) groups is 4. The maximum atomic E-state index is 11.6. The van der Waals surface area contributed by atoms with Gasteiger partial charge in [0.05, 0.1) is 0 Å². The molecule has 4 aliphatic heterocycles. The van der Waals surface area contributed by atoms with Crippen LogP contribution in [0, 0.1) is 0 Å². The van der Waals surface area contributed by atoms with Crippen molar-refractivity contribution in [2.24, 2.45) is 0 Å². The van der Waals surface area contributed by atoms with Gasteiger partial charge < -0.3 is 29.4 Å². The second-order valence-electron chi connectivity index (χ2n) is 17.1. The van der Waals surface area contributed by atoms with Crippen molar-refractivity contribution in [3.05, 3.63) is 0 Å². The van der Waals surface area contributed by atoms with E-state index in [1.165, 1.54) is 0 Å². The minimum Gasteiger partial charge on any atom is -0.338 e. The summed E-state index contributed by atoms with van der Waals surface area (Å²) in [5.41, 5.74) is 0.00366. The first-order valence-corrected chi connectivity index (χ1v) is 16.3. The number of carbonyl (C=O) groups excluding carboxylic acids is 4. The molecule has 256 valence electrons. The fourth-order valence-corrected chi connectivity index (χ4v) is 6.15. The lowest BCUT2D eigenvalue weighted by atomic mass is 9.96. The number of rotatable bonds is 0. The van der Waals surface area contributed by atoms with Gasteiger partial charge in [0.2, 0.25) is 11.8 Å². The molecule has 0 atom stereocenters. The molecule has 10 heteroatoms. The van der Waals surface area contributed by atoms with Gasteiger partial charge in [-0.1, -0.05) is 0 Å². The van der Waals surface area contributed by atoms with Crippen LogP contribution >= 0.6 is 0 Å². The molecular weight excluding hydrogens is 556 g/mol. The van der Waals surface area contributed by atoms with E-state index in [-0.39, 0.29) is 39.8 Å². The third-order valence-electron chi connectivity index (χ3n) is 8.41. The Labute approximate surface area is 269 Å². The molecule has 4 fully saturated rings. The third-order valence-corrected chi connectivity index (χ3v) is 8.41. The lowest BCUT2D eigenvalue weighted by molar-refractivity contribution is -0.136. The molecule has 0 bridgehead atoms. The molecule has 0 aromatic heterocycles. The van der Waals surface area contributed by atoms with E-state index in [4.69, 9.17) is 0 Å². The maximum absolute atomic E-state index is 11.6. The van der Waals surface area contributed by atoms with Gasteiger partial charge in [-0.3, -0.25) is 9.59 Å². The van der Waals surface area contributed by atoms with Gasteiger partial charge in [-0.2, -0.15) is 0 Å². The normalized spacial score (nSPS) is 20.9. The number of nitrogens with zero attached hydrogens (tertiary/aromatic N) is 6.